The lowest BCUT2D eigenvalue weighted by Gasteiger charge is -2.34. The van der Waals surface area contributed by atoms with Gasteiger partial charge in [-0.25, -0.2) is 4.79 Å². The molecule has 1 aliphatic carbocycles. The third-order valence-electron chi connectivity index (χ3n) is 5.54. The number of hydrogen-bond donors (Lipinski definition) is 0. The summed E-state index contributed by atoms with van der Waals surface area (Å²) in [7, 11) is 0. The molecule has 2 heteroatoms. The maximum Gasteiger partial charge on any atom is 0.338 e. The minimum atomic E-state index is -0.175. The molecule has 2 unspecified atom stereocenters. The SMILES string of the molecule is CCC1(Cc2ccccc2)CCCC1OC(=O)c1ccccc1C. The summed E-state index contributed by atoms with van der Waals surface area (Å²) >= 11 is 0. The average molecular weight is 322 g/mol. The molecule has 0 spiro atoms. The molecule has 0 N–H and O–H groups in total. The van der Waals surface area contributed by atoms with Gasteiger partial charge in [0.05, 0.1) is 5.56 Å². The number of aryl methyl sites for hydroxylation is 1. The smallest absolute Gasteiger partial charge is 0.338 e. The number of esters is 1. The molecule has 0 radical (unpaired) electrons. The molecule has 2 atom stereocenters. The van der Waals surface area contributed by atoms with Gasteiger partial charge in [0.1, 0.15) is 6.10 Å². The maximum atomic E-state index is 12.7. The Labute approximate surface area is 144 Å². The van der Waals surface area contributed by atoms with E-state index < -0.39 is 0 Å². The van der Waals surface area contributed by atoms with Gasteiger partial charge >= 0.3 is 5.97 Å². The Morgan fingerprint density at radius 3 is 2.54 bits per heavy atom. The van der Waals surface area contributed by atoms with E-state index in [0.717, 1.165) is 37.7 Å². The zero-order valence-corrected chi connectivity index (χ0v) is 14.6. The minimum absolute atomic E-state index is 0.00909. The van der Waals surface area contributed by atoms with Crippen molar-refractivity contribution < 1.29 is 9.53 Å². The van der Waals surface area contributed by atoms with Crippen LogP contribution in [0.3, 0.4) is 0 Å². The molecule has 126 valence electrons. The molecule has 3 rings (SSSR count). The first-order valence-electron chi connectivity index (χ1n) is 8.95. The van der Waals surface area contributed by atoms with E-state index in [1.807, 2.05) is 37.3 Å². The molecule has 2 aromatic carbocycles. The van der Waals surface area contributed by atoms with E-state index in [2.05, 4.69) is 31.2 Å². The Morgan fingerprint density at radius 2 is 1.83 bits per heavy atom. The highest BCUT2D eigenvalue weighted by Crippen LogP contribution is 2.46. The van der Waals surface area contributed by atoms with E-state index in [1.165, 1.54) is 5.56 Å². The molecule has 2 nitrogen and oxygen atoms in total. The first kappa shape index (κ1) is 16.8. The number of benzene rings is 2. The molecule has 0 amide bonds. The largest absolute Gasteiger partial charge is 0.458 e. The lowest BCUT2D eigenvalue weighted by Crippen LogP contribution is -2.35. The molecule has 1 fully saturated rings. The van der Waals surface area contributed by atoms with Crippen molar-refractivity contribution in [2.24, 2.45) is 5.41 Å². The van der Waals surface area contributed by atoms with Crippen LogP contribution in [0.15, 0.2) is 54.6 Å². The van der Waals surface area contributed by atoms with Crippen molar-refractivity contribution in [1.82, 2.24) is 0 Å². The normalized spacial score (nSPS) is 23.2. The van der Waals surface area contributed by atoms with Gasteiger partial charge in [0.25, 0.3) is 0 Å². The zero-order valence-electron chi connectivity index (χ0n) is 14.6. The van der Waals surface area contributed by atoms with Crippen molar-refractivity contribution in [3.63, 3.8) is 0 Å². The number of carbonyl (C=O) groups excluding carboxylic acids is 1. The molecular formula is C22H26O2. The molecule has 24 heavy (non-hydrogen) atoms. The fourth-order valence-corrected chi connectivity index (χ4v) is 4.02. The van der Waals surface area contributed by atoms with Crippen LogP contribution in [0.25, 0.3) is 0 Å². The van der Waals surface area contributed by atoms with E-state index in [1.54, 1.807) is 0 Å². The van der Waals surface area contributed by atoms with E-state index in [4.69, 9.17) is 4.74 Å². The Morgan fingerprint density at radius 1 is 1.12 bits per heavy atom. The highest BCUT2D eigenvalue weighted by Gasteiger charge is 2.44. The van der Waals surface area contributed by atoms with Crippen LogP contribution < -0.4 is 0 Å². The van der Waals surface area contributed by atoms with Crippen LogP contribution in [0, 0.1) is 12.3 Å². The van der Waals surface area contributed by atoms with Crippen molar-refractivity contribution in [3.8, 4) is 0 Å². The highest BCUT2D eigenvalue weighted by molar-refractivity contribution is 5.91. The predicted octanol–water partition coefficient (Wildman–Crippen LogP) is 5.34. The van der Waals surface area contributed by atoms with Crippen LogP contribution in [0.5, 0.6) is 0 Å². The van der Waals surface area contributed by atoms with Gasteiger partial charge in [-0.15, -0.1) is 0 Å². The second-order valence-electron chi connectivity index (χ2n) is 6.98. The van der Waals surface area contributed by atoms with Gasteiger partial charge in [-0.3, -0.25) is 0 Å². The van der Waals surface area contributed by atoms with Crippen molar-refractivity contribution in [2.75, 3.05) is 0 Å². The third kappa shape index (κ3) is 3.38. The summed E-state index contributed by atoms with van der Waals surface area (Å²) in [4.78, 5) is 12.7. The van der Waals surface area contributed by atoms with E-state index >= 15 is 0 Å². The van der Waals surface area contributed by atoms with Gasteiger partial charge in [0.15, 0.2) is 0 Å². The number of rotatable bonds is 5. The van der Waals surface area contributed by atoms with Gasteiger partial charge in [0.2, 0.25) is 0 Å². The molecule has 0 saturated heterocycles. The van der Waals surface area contributed by atoms with Gasteiger partial charge in [-0.2, -0.15) is 0 Å². The summed E-state index contributed by atoms with van der Waals surface area (Å²) in [5, 5.41) is 0. The maximum absolute atomic E-state index is 12.7. The highest BCUT2D eigenvalue weighted by atomic mass is 16.5. The standard InChI is InChI=1S/C22H26O2/c1-3-22(16-18-11-5-4-6-12-18)15-9-14-20(22)24-21(23)19-13-8-7-10-17(19)2/h4-8,10-13,20H,3,9,14-16H2,1-2H3. The first-order chi connectivity index (χ1) is 11.6. The summed E-state index contributed by atoms with van der Waals surface area (Å²) < 4.78 is 6.02. The predicted molar refractivity (Wildman–Crippen MR) is 97.1 cm³/mol. The van der Waals surface area contributed by atoms with E-state index in [0.29, 0.717) is 5.56 Å². The number of ether oxygens (including phenoxy) is 1. The average Bonchev–Trinajstić information content (AvgIpc) is 2.99. The van der Waals surface area contributed by atoms with Gasteiger partial charge in [-0.05, 0) is 56.2 Å². The summed E-state index contributed by atoms with van der Waals surface area (Å²) in [6, 6.07) is 18.2. The number of hydrogen-bond acceptors (Lipinski definition) is 2. The van der Waals surface area contributed by atoms with Crippen LogP contribution in [-0.2, 0) is 11.2 Å². The number of carbonyl (C=O) groups is 1. The molecule has 1 aliphatic rings. The van der Waals surface area contributed by atoms with Gasteiger partial charge in [-0.1, -0.05) is 55.5 Å². The van der Waals surface area contributed by atoms with Crippen LogP contribution in [0.1, 0.15) is 54.1 Å². The topological polar surface area (TPSA) is 26.3 Å². The van der Waals surface area contributed by atoms with Gasteiger partial charge in [0, 0.05) is 5.41 Å². The molecule has 0 heterocycles. The monoisotopic (exact) mass is 322 g/mol. The molecule has 0 aromatic heterocycles. The van der Waals surface area contributed by atoms with Crippen molar-refractivity contribution >= 4 is 5.97 Å². The minimum Gasteiger partial charge on any atom is -0.458 e. The lowest BCUT2D eigenvalue weighted by atomic mass is 9.76. The Balaban J connectivity index is 1.78. The summed E-state index contributed by atoms with van der Waals surface area (Å²) in [5.74, 6) is -0.175. The second-order valence-corrected chi connectivity index (χ2v) is 6.98. The van der Waals surface area contributed by atoms with Crippen molar-refractivity contribution in [2.45, 2.75) is 52.1 Å². The Kier molecular flexibility index (Phi) is 5.03. The Bertz CT molecular complexity index is 692. The van der Waals surface area contributed by atoms with Crippen molar-refractivity contribution in [1.29, 1.82) is 0 Å². The quantitative estimate of drug-likeness (QED) is 0.694. The molecular weight excluding hydrogens is 296 g/mol. The first-order valence-corrected chi connectivity index (χ1v) is 8.95. The second kappa shape index (κ2) is 7.21. The lowest BCUT2D eigenvalue weighted by molar-refractivity contribution is -0.00713. The van der Waals surface area contributed by atoms with Crippen molar-refractivity contribution in [3.05, 3.63) is 71.3 Å². The third-order valence-corrected chi connectivity index (χ3v) is 5.54. The Hall–Kier alpha value is -2.09. The van der Waals surface area contributed by atoms with E-state index in [-0.39, 0.29) is 17.5 Å². The summed E-state index contributed by atoms with van der Waals surface area (Å²) in [5.41, 5.74) is 3.07. The molecule has 0 aliphatic heterocycles. The molecule has 1 saturated carbocycles. The summed E-state index contributed by atoms with van der Waals surface area (Å²) in [6.07, 6.45) is 5.26. The van der Waals surface area contributed by atoms with Gasteiger partial charge < -0.3 is 4.74 Å². The van der Waals surface area contributed by atoms with Crippen LogP contribution in [0.4, 0.5) is 0 Å². The van der Waals surface area contributed by atoms with Crippen LogP contribution in [0.2, 0.25) is 0 Å². The molecule has 0 bridgehead atoms. The van der Waals surface area contributed by atoms with Crippen LogP contribution >= 0.6 is 0 Å². The van der Waals surface area contributed by atoms with E-state index in [9.17, 15) is 4.79 Å². The fourth-order valence-electron chi connectivity index (χ4n) is 4.02. The fraction of sp³-hybridized carbons (Fsp3) is 0.409. The van der Waals surface area contributed by atoms with Crippen LogP contribution in [-0.4, -0.2) is 12.1 Å². The molecule has 2 aromatic rings. The zero-order chi connectivity index (χ0) is 17.0. The summed E-state index contributed by atoms with van der Waals surface area (Å²) in [6.45, 7) is 4.19.